The molecule has 30 heavy (non-hydrogen) atoms. The van der Waals surface area contributed by atoms with E-state index in [9.17, 15) is 9.59 Å². The van der Waals surface area contributed by atoms with E-state index in [1.54, 1.807) is 36.4 Å². The van der Waals surface area contributed by atoms with E-state index in [0.29, 0.717) is 17.0 Å². The lowest BCUT2D eigenvalue weighted by atomic mass is 9.86. The Bertz CT molecular complexity index is 922. The Morgan fingerprint density at radius 1 is 1.10 bits per heavy atom. The van der Waals surface area contributed by atoms with E-state index in [1.165, 1.54) is 0 Å². The van der Waals surface area contributed by atoms with Crippen LogP contribution in [-0.4, -0.2) is 24.5 Å². The van der Waals surface area contributed by atoms with E-state index >= 15 is 0 Å². The molecule has 2 N–H and O–H groups in total. The summed E-state index contributed by atoms with van der Waals surface area (Å²) in [6.45, 7) is 10.0. The van der Waals surface area contributed by atoms with E-state index in [0.717, 1.165) is 5.56 Å². The monoisotopic (exact) mass is 407 g/mol. The number of carbonyl (C=O) groups is 2. The predicted molar refractivity (Wildman–Crippen MR) is 117 cm³/mol. The molecule has 1 unspecified atom stereocenters. The van der Waals surface area contributed by atoms with E-state index in [1.807, 2.05) is 32.0 Å². The lowest BCUT2D eigenvalue weighted by Gasteiger charge is -2.22. The molecular weight excluding hydrogens is 378 g/mol. The smallest absolute Gasteiger partial charge is 0.251 e. The molecule has 0 aliphatic carbocycles. The minimum atomic E-state index is -0.705. The normalized spacial score (nSPS) is 12.0. The van der Waals surface area contributed by atoms with Crippen molar-refractivity contribution in [1.82, 2.24) is 5.32 Å². The molecule has 158 valence electrons. The fourth-order valence-corrected chi connectivity index (χ4v) is 2.88. The van der Waals surface area contributed by atoms with Crippen LogP contribution >= 0.6 is 0 Å². The van der Waals surface area contributed by atoms with Crippen LogP contribution in [0.5, 0.6) is 5.75 Å². The lowest BCUT2D eigenvalue weighted by Crippen LogP contribution is -2.47. The molecule has 6 nitrogen and oxygen atoms in total. The van der Waals surface area contributed by atoms with E-state index in [4.69, 9.17) is 10.00 Å². The molecule has 2 aromatic carbocycles. The van der Waals surface area contributed by atoms with Gasteiger partial charge in [0.05, 0.1) is 0 Å². The van der Waals surface area contributed by atoms with Gasteiger partial charge in [-0.3, -0.25) is 9.59 Å². The summed E-state index contributed by atoms with van der Waals surface area (Å²) in [6, 6.07) is 15.4. The van der Waals surface area contributed by atoms with Crippen LogP contribution in [0.4, 0.5) is 5.69 Å². The average molecular weight is 408 g/mol. The van der Waals surface area contributed by atoms with Gasteiger partial charge in [0.15, 0.2) is 6.61 Å². The van der Waals surface area contributed by atoms with E-state index in [-0.39, 0.29) is 29.8 Å². The number of nitrogens with zero attached hydrogens (tertiary/aromatic N) is 1. The number of anilines is 1. The molecule has 0 saturated carbocycles. The van der Waals surface area contributed by atoms with Crippen molar-refractivity contribution in [3.05, 3.63) is 59.7 Å². The quantitative estimate of drug-likeness (QED) is 0.717. The molecule has 0 radical (unpaired) electrons. The Labute approximate surface area is 178 Å². The number of amides is 2. The Balaban J connectivity index is 2.09. The number of hydrogen-bond acceptors (Lipinski definition) is 4. The SMILES string of the molecule is CC(C)C(NC(=O)c1ccc(C(C)(C)C)cc1)C(=O)Nc1cccc(OCC#N)c1. The number of rotatable bonds is 7. The summed E-state index contributed by atoms with van der Waals surface area (Å²) in [4.78, 5) is 25.5. The van der Waals surface area contributed by atoms with Crippen molar-refractivity contribution in [1.29, 1.82) is 5.26 Å². The van der Waals surface area contributed by atoms with Crippen molar-refractivity contribution >= 4 is 17.5 Å². The number of ether oxygens (including phenoxy) is 1. The zero-order valence-electron chi connectivity index (χ0n) is 18.2. The highest BCUT2D eigenvalue weighted by atomic mass is 16.5. The van der Waals surface area contributed by atoms with Gasteiger partial charge in [-0.1, -0.05) is 52.8 Å². The number of carbonyl (C=O) groups excluding carboxylic acids is 2. The van der Waals surface area contributed by atoms with Crippen molar-refractivity contribution in [2.45, 2.75) is 46.1 Å². The maximum atomic E-state index is 12.8. The number of hydrogen-bond donors (Lipinski definition) is 2. The van der Waals surface area contributed by atoms with Crippen molar-refractivity contribution < 1.29 is 14.3 Å². The summed E-state index contributed by atoms with van der Waals surface area (Å²) in [7, 11) is 0. The second-order valence-corrected chi connectivity index (χ2v) is 8.49. The van der Waals surface area contributed by atoms with Crippen molar-refractivity contribution in [3.8, 4) is 11.8 Å². The summed E-state index contributed by atoms with van der Waals surface area (Å²) in [6.07, 6.45) is 0. The highest BCUT2D eigenvalue weighted by Gasteiger charge is 2.25. The van der Waals surface area contributed by atoms with Gasteiger partial charge in [0.25, 0.3) is 5.91 Å². The first kappa shape index (κ1) is 23.0. The van der Waals surface area contributed by atoms with Gasteiger partial charge in [0.2, 0.25) is 5.91 Å². The maximum absolute atomic E-state index is 12.8. The van der Waals surface area contributed by atoms with E-state index < -0.39 is 6.04 Å². The summed E-state index contributed by atoms with van der Waals surface area (Å²) in [5, 5.41) is 14.3. The average Bonchev–Trinajstić information content (AvgIpc) is 2.69. The molecule has 0 heterocycles. The summed E-state index contributed by atoms with van der Waals surface area (Å²) >= 11 is 0. The zero-order valence-corrected chi connectivity index (χ0v) is 18.2. The number of benzene rings is 2. The van der Waals surface area contributed by atoms with Gasteiger partial charge in [-0.25, -0.2) is 0 Å². The molecule has 0 fully saturated rings. The largest absolute Gasteiger partial charge is 0.479 e. The van der Waals surface area contributed by atoms with Crippen molar-refractivity contribution in [2.24, 2.45) is 5.92 Å². The molecule has 6 heteroatoms. The van der Waals surface area contributed by atoms with E-state index in [2.05, 4.69) is 31.4 Å². The number of nitrogens with one attached hydrogen (secondary N) is 2. The van der Waals surface area contributed by atoms with Gasteiger partial charge >= 0.3 is 0 Å². The van der Waals surface area contributed by atoms with Crippen molar-refractivity contribution in [3.63, 3.8) is 0 Å². The lowest BCUT2D eigenvalue weighted by molar-refractivity contribution is -0.118. The van der Waals surface area contributed by atoms with Crippen molar-refractivity contribution in [2.75, 3.05) is 11.9 Å². The second-order valence-electron chi connectivity index (χ2n) is 8.49. The van der Waals surface area contributed by atoms with Gasteiger partial charge in [-0.15, -0.1) is 0 Å². The van der Waals surface area contributed by atoms with Gasteiger partial charge in [-0.05, 0) is 41.2 Å². The molecule has 0 saturated heterocycles. The third-order valence-corrected chi connectivity index (χ3v) is 4.65. The molecule has 0 spiro atoms. The van der Waals surface area contributed by atoms with Crippen LogP contribution in [0.3, 0.4) is 0 Å². The molecule has 2 amide bonds. The summed E-state index contributed by atoms with van der Waals surface area (Å²) in [5.74, 6) is -0.239. The zero-order chi connectivity index (χ0) is 22.3. The summed E-state index contributed by atoms with van der Waals surface area (Å²) < 4.78 is 5.26. The fraction of sp³-hybridized carbons (Fsp3) is 0.375. The molecular formula is C24H29N3O3. The molecule has 2 aromatic rings. The Kier molecular flexibility index (Phi) is 7.60. The minimum absolute atomic E-state index is 0.000844. The minimum Gasteiger partial charge on any atom is -0.479 e. The van der Waals surface area contributed by atoms with Crippen LogP contribution in [0.1, 0.15) is 50.5 Å². The topological polar surface area (TPSA) is 91.2 Å². The standard InChI is InChI=1S/C24H29N3O3/c1-16(2)21(23(29)26-19-7-6-8-20(15-19)30-14-13-25)27-22(28)17-9-11-18(12-10-17)24(3,4)5/h6-12,15-16,21H,14H2,1-5H3,(H,26,29)(H,27,28). The van der Waals surface area contributed by atoms with Gasteiger partial charge in [0, 0.05) is 17.3 Å². The molecule has 0 aliphatic rings. The molecule has 0 bridgehead atoms. The Hall–Kier alpha value is -3.33. The maximum Gasteiger partial charge on any atom is 0.251 e. The third kappa shape index (κ3) is 6.35. The fourth-order valence-electron chi connectivity index (χ4n) is 2.88. The molecule has 0 aromatic heterocycles. The van der Waals surface area contributed by atoms with Crippen LogP contribution in [0.15, 0.2) is 48.5 Å². The highest BCUT2D eigenvalue weighted by molar-refractivity contribution is 6.01. The number of nitriles is 1. The molecule has 2 rings (SSSR count). The molecule has 1 atom stereocenters. The highest BCUT2D eigenvalue weighted by Crippen LogP contribution is 2.22. The van der Waals surface area contributed by atoms with Crippen LogP contribution in [0.25, 0.3) is 0 Å². The first-order valence-electron chi connectivity index (χ1n) is 9.94. The Morgan fingerprint density at radius 3 is 2.33 bits per heavy atom. The van der Waals surface area contributed by atoms with Gasteiger partial charge < -0.3 is 15.4 Å². The first-order chi connectivity index (χ1) is 14.1. The van der Waals surface area contributed by atoms with Crippen LogP contribution in [0.2, 0.25) is 0 Å². The van der Waals surface area contributed by atoms with Gasteiger partial charge in [0.1, 0.15) is 17.9 Å². The predicted octanol–water partition coefficient (Wildman–Crippen LogP) is 4.28. The first-order valence-corrected chi connectivity index (χ1v) is 9.94. The second kappa shape index (κ2) is 9.93. The summed E-state index contributed by atoms with van der Waals surface area (Å²) in [5.41, 5.74) is 2.18. The van der Waals surface area contributed by atoms with Crippen LogP contribution in [0, 0.1) is 17.2 Å². The Morgan fingerprint density at radius 2 is 1.77 bits per heavy atom. The van der Waals surface area contributed by atoms with Gasteiger partial charge in [-0.2, -0.15) is 5.26 Å². The third-order valence-electron chi connectivity index (χ3n) is 4.65. The molecule has 0 aliphatic heterocycles. The van der Waals surface area contributed by atoms with Crippen LogP contribution < -0.4 is 15.4 Å². The van der Waals surface area contributed by atoms with Crippen LogP contribution in [-0.2, 0) is 10.2 Å².